The van der Waals surface area contributed by atoms with Crippen molar-refractivity contribution in [3.8, 4) is 11.5 Å². The van der Waals surface area contributed by atoms with Crippen molar-refractivity contribution in [1.82, 2.24) is 0 Å². The van der Waals surface area contributed by atoms with Gasteiger partial charge in [0.1, 0.15) is 0 Å². The Labute approximate surface area is 118 Å². The molecule has 0 unspecified atom stereocenters. The van der Waals surface area contributed by atoms with E-state index in [0.29, 0.717) is 24.7 Å². The number of benzene rings is 1. The summed E-state index contributed by atoms with van der Waals surface area (Å²) in [5, 5.41) is 0. The van der Waals surface area contributed by atoms with Crippen LogP contribution in [0, 0.1) is 0 Å². The van der Waals surface area contributed by atoms with E-state index in [0.717, 1.165) is 6.42 Å². The van der Waals surface area contributed by atoms with E-state index in [4.69, 9.17) is 19.9 Å². The first-order valence-electron chi connectivity index (χ1n) is 6.20. The third-order valence-electron chi connectivity index (χ3n) is 2.74. The number of nitrogen functional groups attached to an aromatic ring is 1. The van der Waals surface area contributed by atoms with Gasteiger partial charge in [-0.3, -0.25) is 4.72 Å². The summed E-state index contributed by atoms with van der Waals surface area (Å²) >= 11 is 0. The van der Waals surface area contributed by atoms with Crippen molar-refractivity contribution in [2.45, 2.75) is 6.42 Å². The molecule has 8 heteroatoms. The van der Waals surface area contributed by atoms with Gasteiger partial charge in [-0.1, -0.05) is 0 Å². The van der Waals surface area contributed by atoms with Crippen LogP contribution in [0.15, 0.2) is 12.1 Å². The Kier molecular flexibility index (Phi) is 4.56. The Bertz CT molecular complexity index is 573. The lowest BCUT2D eigenvalue weighted by Crippen LogP contribution is -2.20. The largest absolute Gasteiger partial charge is 0.489 e. The number of anilines is 2. The quantitative estimate of drug-likeness (QED) is 0.781. The summed E-state index contributed by atoms with van der Waals surface area (Å²) in [6, 6.07) is 3.11. The fourth-order valence-corrected chi connectivity index (χ4v) is 2.72. The monoisotopic (exact) mass is 302 g/mol. The topological polar surface area (TPSA) is 99.9 Å². The highest BCUT2D eigenvalue weighted by atomic mass is 32.2. The van der Waals surface area contributed by atoms with Crippen LogP contribution in [-0.2, 0) is 14.8 Å². The van der Waals surface area contributed by atoms with Crippen LogP contribution in [0.1, 0.15) is 6.42 Å². The zero-order chi connectivity index (χ0) is 14.6. The molecule has 20 heavy (non-hydrogen) atoms. The number of rotatable bonds is 5. The van der Waals surface area contributed by atoms with Crippen molar-refractivity contribution in [3.05, 3.63) is 12.1 Å². The second-order valence-corrected chi connectivity index (χ2v) is 6.19. The minimum absolute atomic E-state index is 0.111. The predicted octanol–water partition coefficient (Wildman–Crippen LogP) is 0.818. The standard InChI is InChI=1S/C12H18N2O5S/c1-17-5-6-20(15,16)14-10-8-12-11(7-9(10)13)18-3-2-4-19-12/h7-8,14H,2-6,13H2,1H3. The van der Waals surface area contributed by atoms with Crippen LogP contribution >= 0.6 is 0 Å². The number of hydrogen-bond acceptors (Lipinski definition) is 6. The summed E-state index contributed by atoms with van der Waals surface area (Å²) in [4.78, 5) is 0. The predicted molar refractivity (Wildman–Crippen MR) is 75.7 cm³/mol. The summed E-state index contributed by atoms with van der Waals surface area (Å²) in [5.74, 6) is 0.873. The summed E-state index contributed by atoms with van der Waals surface area (Å²) < 4.78 is 41.8. The van der Waals surface area contributed by atoms with Gasteiger partial charge in [0.2, 0.25) is 10.0 Å². The van der Waals surface area contributed by atoms with Crippen molar-refractivity contribution in [2.24, 2.45) is 0 Å². The summed E-state index contributed by atoms with van der Waals surface area (Å²) in [7, 11) is -2.06. The molecule has 1 aromatic carbocycles. The van der Waals surface area contributed by atoms with E-state index < -0.39 is 10.0 Å². The molecule has 0 aliphatic carbocycles. The normalized spacial score (nSPS) is 14.7. The van der Waals surface area contributed by atoms with Gasteiger partial charge in [-0.15, -0.1) is 0 Å². The molecule has 0 saturated carbocycles. The molecule has 0 amide bonds. The van der Waals surface area contributed by atoms with Crippen molar-refractivity contribution in [1.29, 1.82) is 0 Å². The van der Waals surface area contributed by atoms with Gasteiger partial charge in [-0.2, -0.15) is 0 Å². The maximum Gasteiger partial charge on any atom is 0.235 e. The lowest BCUT2D eigenvalue weighted by Gasteiger charge is -2.14. The first kappa shape index (κ1) is 14.7. The SMILES string of the molecule is COCCS(=O)(=O)Nc1cc2c(cc1N)OCCCO2. The third-order valence-corrected chi connectivity index (χ3v) is 3.98. The van der Waals surface area contributed by atoms with Gasteiger partial charge in [0.05, 0.1) is 36.9 Å². The molecule has 7 nitrogen and oxygen atoms in total. The van der Waals surface area contributed by atoms with Crippen LogP contribution < -0.4 is 19.9 Å². The molecule has 112 valence electrons. The molecule has 1 heterocycles. The average Bonchev–Trinajstić information content (AvgIpc) is 2.61. The van der Waals surface area contributed by atoms with Gasteiger partial charge in [-0.25, -0.2) is 8.42 Å². The summed E-state index contributed by atoms with van der Waals surface area (Å²) in [6.07, 6.45) is 0.767. The Morgan fingerprint density at radius 3 is 2.60 bits per heavy atom. The Morgan fingerprint density at radius 1 is 1.30 bits per heavy atom. The molecule has 1 aliphatic rings. The molecular weight excluding hydrogens is 284 g/mol. The van der Waals surface area contributed by atoms with Gasteiger partial charge < -0.3 is 19.9 Å². The highest BCUT2D eigenvalue weighted by Gasteiger charge is 2.17. The molecule has 0 radical (unpaired) electrons. The van der Waals surface area contributed by atoms with Crippen LogP contribution in [0.5, 0.6) is 11.5 Å². The molecule has 0 saturated heterocycles. The fourth-order valence-electron chi connectivity index (χ4n) is 1.72. The fraction of sp³-hybridized carbons (Fsp3) is 0.500. The van der Waals surface area contributed by atoms with Gasteiger partial charge in [-0.05, 0) is 0 Å². The van der Waals surface area contributed by atoms with Crippen LogP contribution in [0.4, 0.5) is 11.4 Å². The van der Waals surface area contributed by atoms with Crippen molar-refractivity contribution < 1.29 is 22.6 Å². The number of fused-ring (bicyclic) bond motifs is 1. The minimum Gasteiger partial charge on any atom is -0.489 e. The van der Waals surface area contributed by atoms with Crippen LogP contribution in [0.25, 0.3) is 0 Å². The average molecular weight is 302 g/mol. The van der Waals surface area contributed by atoms with E-state index in [1.54, 1.807) is 12.1 Å². The minimum atomic E-state index is -3.51. The molecule has 0 fully saturated rings. The molecule has 0 atom stereocenters. The number of ether oxygens (including phenoxy) is 3. The van der Waals surface area contributed by atoms with Crippen molar-refractivity contribution >= 4 is 21.4 Å². The second-order valence-electron chi connectivity index (χ2n) is 4.35. The lowest BCUT2D eigenvalue weighted by molar-refractivity contribution is 0.217. The Morgan fingerprint density at radius 2 is 1.95 bits per heavy atom. The highest BCUT2D eigenvalue weighted by Crippen LogP contribution is 2.36. The van der Waals surface area contributed by atoms with E-state index in [9.17, 15) is 8.42 Å². The second kappa shape index (κ2) is 6.19. The third kappa shape index (κ3) is 3.67. The maximum atomic E-state index is 11.8. The summed E-state index contributed by atoms with van der Waals surface area (Å²) in [5.41, 5.74) is 6.41. The molecule has 0 aromatic heterocycles. The molecule has 0 spiro atoms. The number of hydrogen-bond donors (Lipinski definition) is 2. The maximum absolute atomic E-state index is 11.8. The van der Waals surface area contributed by atoms with Crippen LogP contribution in [-0.4, -0.2) is 41.1 Å². The smallest absolute Gasteiger partial charge is 0.235 e. The summed E-state index contributed by atoms with van der Waals surface area (Å²) in [6.45, 7) is 1.18. The number of methoxy groups -OCH3 is 1. The van der Waals surface area contributed by atoms with Crippen molar-refractivity contribution in [2.75, 3.05) is 43.1 Å². The Balaban J connectivity index is 2.22. The first-order valence-corrected chi connectivity index (χ1v) is 7.85. The number of sulfonamides is 1. The first-order chi connectivity index (χ1) is 9.52. The van der Waals surface area contributed by atoms with Crippen LogP contribution in [0.2, 0.25) is 0 Å². The molecule has 0 bridgehead atoms. The molecular formula is C12H18N2O5S. The molecule has 3 N–H and O–H groups in total. The van der Waals surface area contributed by atoms with Crippen molar-refractivity contribution in [3.63, 3.8) is 0 Å². The number of nitrogens with two attached hydrogens (primary N) is 1. The lowest BCUT2D eigenvalue weighted by atomic mass is 10.2. The van der Waals surface area contributed by atoms with E-state index in [1.807, 2.05) is 0 Å². The molecule has 1 aromatic rings. The van der Waals surface area contributed by atoms with Gasteiger partial charge in [0.15, 0.2) is 11.5 Å². The zero-order valence-corrected chi connectivity index (χ0v) is 12.0. The van der Waals surface area contributed by atoms with Gasteiger partial charge in [0.25, 0.3) is 0 Å². The van der Waals surface area contributed by atoms with Gasteiger partial charge >= 0.3 is 0 Å². The molecule has 2 rings (SSSR count). The molecule has 1 aliphatic heterocycles. The van der Waals surface area contributed by atoms with E-state index in [2.05, 4.69) is 4.72 Å². The van der Waals surface area contributed by atoms with Crippen LogP contribution in [0.3, 0.4) is 0 Å². The Hall–Kier alpha value is -1.67. The van der Waals surface area contributed by atoms with E-state index in [1.165, 1.54) is 7.11 Å². The number of nitrogens with one attached hydrogen (secondary N) is 1. The van der Waals surface area contributed by atoms with E-state index in [-0.39, 0.29) is 23.7 Å². The zero-order valence-electron chi connectivity index (χ0n) is 11.2. The highest BCUT2D eigenvalue weighted by molar-refractivity contribution is 7.92. The van der Waals surface area contributed by atoms with E-state index >= 15 is 0 Å². The van der Waals surface area contributed by atoms with Gasteiger partial charge in [0, 0.05) is 25.7 Å².